The number of hydrazine groups is 1. The number of halogens is 2. The second kappa shape index (κ2) is 6.83. The molecule has 0 amide bonds. The molecule has 1 aromatic carbocycles. The van der Waals surface area contributed by atoms with Crippen LogP contribution in [-0.2, 0) is 13.0 Å². The third-order valence-corrected chi connectivity index (χ3v) is 4.54. The Hall–Kier alpha value is -0.440. The summed E-state index contributed by atoms with van der Waals surface area (Å²) in [5.74, 6) is 6.77. The van der Waals surface area contributed by atoms with E-state index in [1.54, 1.807) is 0 Å². The van der Waals surface area contributed by atoms with Gasteiger partial charge in [0.15, 0.2) is 0 Å². The van der Waals surface area contributed by atoms with E-state index in [1.165, 1.54) is 9.13 Å². The summed E-state index contributed by atoms with van der Waals surface area (Å²) in [5, 5.41) is 0. The van der Waals surface area contributed by atoms with Crippen LogP contribution in [0.15, 0.2) is 35.1 Å². The van der Waals surface area contributed by atoms with Gasteiger partial charge in [0.2, 0.25) is 0 Å². The van der Waals surface area contributed by atoms with Gasteiger partial charge >= 0.3 is 0 Å². The number of hydrogen-bond acceptors (Lipinski definition) is 3. The van der Waals surface area contributed by atoms with Gasteiger partial charge in [-0.05, 0) is 53.3 Å². The zero-order valence-corrected chi connectivity index (χ0v) is 14.3. The van der Waals surface area contributed by atoms with Gasteiger partial charge in [-0.2, -0.15) is 0 Å². The van der Waals surface area contributed by atoms with Crippen molar-refractivity contribution in [2.24, 2.45) is 5.84 Å². The van der Waals surface area contributed by atoms with E-state index < -0.39 is 0 Å². The van der Waals surface area contributed by atoms with Crippen molar-refractivity contribution in [3.05, 3.63) is 50.0 Å². The van der Waals surface area contributed by atoms with Crippen LogP contribution in [0.4, 0.5) is 0 Å². The van der Waals surface area contributed by atoms with Crippen LogP contribution >= 0.6 is 38.5 Å². The van der Waals surface area contributed by atoms with Crippen molar-refractivity contribution in [3.8, 4) is 0 Å². The Morgan fingerprint density at radius 1 is 1.53 bits per heavy atom. The van der Waals surface area contributed by atoms with Gasteiger partial charge in [-0.15, -0.1) is 0 Å². The number of nitrogens with two attached hydrogens (primary N) is 1. The lowest BCUT2D eigenvalue weighted by Crippen LogP contribution is -2.31. The third kappa shape index (κ3) is 3.56. The fourth-order valence-corrected chi connectivity index (χ4v) is 3.13. The monoisotopic (exact) mass is 434 g/mol. The zero-order valence-electron chi connectivity index (χ0n) is 10.6. The van der Waals surface area contributed by atoms with Gasteiger partial charge in [0.25, 0.3) is 0 Å². The van der Waals surface area contributed by atoms with Crippen molar-refractivity contribution in [1.82, 2.24) is 15.0 Å². The van der Waals surface area contributed by atoms with Crippen LogP contribution in [0.3, 0.4) is 0 Å². The molecule has 19 heavy (non-hydrogen) atoms. The molecule has 0 radical (unpaired) electrons. The minimum atomic E-state index is 0.0529. The fraction of sp³-hybridized carbons (Fsp3) is 0.308. The first kappa shape index (κ1) is 15.0. The Bertz CT molecular complexity index is 555. The maximum absolute atomic E-state index is 5.73. The molecule has 1 atom stereocenters. The molecule has 6 heteroatoms. The normalized spacial score (nSPS) is 12.6. The number of nitrogens with one attached hydrogen (secondary N) is 1. The topological polar surface area (TPSA) is 55.9 Å². The second-order valence-corrected chi connectivity index (χ2v) is 6.30. The molecule has 1 heterocycles. The minimum absolute atomic E-state index is 0.0529. The summed E-state index contributed by atoms with van der Waals surface area (Å²) in [7, 11) is 0. The lowest BCUT2D eigenvalue weighted by Gasteiger charge is -2.18. The molecule has 4 nitrogen and oxygen atoms in total. The summed E-state index contributed by atoms with van der Waals surface area (Å²) in [5.41, 5.74) is 4.08. The van der Waals surface area contributed by atoms with Crippen molar-refractivity contribution >= 4 is 38.5 Å². The number of rotatable bonds is 5. The molecule has 0 spiro atoms. The molecule has 3 N–H and O–H groups in total. The van der Waals surface area contributed by atoms with E-state index in [4.69, 9.17) is 5.84 Å². The minimum Gasteiger partial charge on any atom is -0.335 e. The van der Waals surface area contributed by atoms with E-state index in [9.17, 15) is 0 Å². The number of aryl methyl sites for hydroxylation is 1. The molecule has 2 rings (SSSR count). The lowest BCUT2D eigenvalue weighted by molar-refractivity contribution is 0.521. The predicted molar refractivity (Wildman–Crippen MR) is 88.5 cm³/mol. The van der Waals surface area contributed by atoms with Crippen LogP contribution in [0.5, 0.6) is 0 Å². The molecule has 0 aliphatic heterocycles. The maximum Gasteiger partial charge on any atom is 0.110 e. The maximum atomic E-state index is 5.73. The highest BCUT2D eigenvalue weighted by molar-refractivity contribution is 14.1. The van der Waals surface area contributed by atoms with E-state index in [-0.39, 0.29) is 6.04 Å². The van der Waals surface area contributed by atoms with E-state index in [0.29, 0.717) is 0 Å². The Morgan fingerprint density at radius 3 is 3.00 bits per heavy atom. The van der Waals surface area contributed by atoms with Crippen LogP contribution in [-0.4, -0.2) is 9.55 Å². The van der Waals surface area contributed by atoms with Crippen molar-refractivity contribution < 1.29 is 0 Å². The highest BCUT2D eigenvalue weighted by atomic mass is 127. The molecule has 102 valence electrons. The zero-order chi connectivity index (χ0) is 13.8. The molecule has 1 unspecified atom stereocenters. The van der Waals surface area contributed by atoms with Gasteiger partial charge in [0.1, 0.15) is 5.82 Å². The van der Waals surface area contributed by atoms with Crippen LogP contribution in [0.1, 0.15) is 24.4 Å². The van der Waals surface area contributed by atoms with Crippen molar-refractivity contribution in [1.29, 1.82) is 0 Å². The summed E-state index contributed by atoms with van der Waals surface area (Å²) >= 11 is 5.84. The lowest BCUT2D eigenvalue weighted by atomic mass is 10.0. The summed E-state index contributed by atoms with van der Waals surface area (Å²) in [6.45, 7) is 3.03. The Kier molecular flexibility index (Phi) is 5.37. The molecule has 2 aromatic rings. The largest absolute Gasteiger partial charge is 0.335 e. The SMILES string of the molecule is CCn1ccnc1CC(NN)c1cc(Br)ccc1I. The Morgan fingerprint density at radius 2 is 2.32 bits per heavy atom. The third-order valence-electron chi connectivity index (χ3n) is 3.06. The van der Waals surface area contributed by atoms with E-state index in [1.807, 2.05) is 18.5 Å². The summed E-state index contributed by atoms with van der Waals surface area (Å²) in [6, 6.07) is 6.27. The molecule has 0 saturated carbocycles. The fourth-order valence-electron chi connectivity index (χ4n) is 2.04. The standard InChI is InChI=1S/C13H16BrIN4/c1-2-19-6-5-17-13(19)8-12(18-16)10-7-9(14)3-4-11(10)15/h3-7,12,18H,2,8,16H2,1H3. The summed E-state index contributed by atoms with van der Waals surface area (Å²) < 4.78 is 4.38. The van der Waals surface area contributed by atoms with E-state index in [2.05, 4.69) is 72.6 Å². The smallest absolute Gasteiger partial charge is 0.110 e. The van der Waals surface area contributed by atoms with E-state index in [0.717, 1.165) is 23.3 Å². The molecule has 0 aliphatic rings. The second-order valence-electron chi connectivity index (χ2n) is 4.22. The van der Waals surface area contributed by atoms with Gasteiger partial charge in [0, 0.05) is 33.4 Å². The van der Waals surface area contributed by atoms with Crippen molar-refractivity contribution in [2.75, 3.05) is 0 Å². The summed E-state index contributed by atoms with van der Waals surface area (Å²) in [4.78, 5) is 4.41. The average molecular weight is 435 g/mol. The van der Waals surface area contributed by atoms with Gasteiger partial charge in [-0.25, -0.2) is 4.98 Å². The molecular formula is C13H16BrIN4. The van der Waals surface area contributed by atoms with Crippen LogP contribution < -0.4 is 11.3 Å². The molecule has 1 aromatic heterocycles. The van der Waals surface area contributed by atoms with Gasteiger partial charge in [-0.3, -0.25) is 11.3 Å². The molecule has 0 aliphatic carbocycles. The highest BCUT2D eigenvalue weighted by Crippen LogP contribution is 2.26. The highest BCUT2D eigenvalue weighted by Gasteiger charge is 2.16. The van der Waals surface area contributed by atoms with Gasteiger partial charge in [-0.1, -0.05) is 15.9 Å². The van der Waals surface area contributed by atoms with E-state index >= 15 is 0 Å². The first-order chi connectivity index (χ1) is 9.15. The number of aromatic nitrogens is 2. The van der Waals surface area contributed by atoms with Gasteiger partial charge in [0.05, 0.1) is 6.04 Å². The number of benzene rings is 1. The average Bonchev–Trinajstić information content (AvgIpc) is 2.86. The first-order valence-electron chi connectivity index (χ1n) is 6.06. The number of imidazole rings is 1. The van der Waals surface area contributed by atoms with Crippen molar-refractivity contribution in [3.63, 3.8) is 0 Å². The van der Waals surface area contributed by atoms with Crippen LogP contribution in [0.2, 0.25) is 0 Å². The first-order valence-corrected chi connectivity index (χ1v) is 7.94. The molecule has 0 fully saturated rings. The quantitative estimate of drug-likeness (QED) is 0.432. The number of nitrogens with zero attached hydrogens (tertiary/aromatic N) is 2. The predicted octanol–water partition coefficient (Wildman–Crippen LogP) is 3.02. The molecule has 0 saturated heterocycles. The van der Waals surface area contributed by atoms with Crippen molar-refractivity contribution in [2.45, 2.75) is 25.9 Å². The Balaban J connectivity index is 2.27. The van der Waals surface area contributed by atoms with Gasteiger partial charge < -0.3 is 4.57 Å². The Labute approximate surface area is 135 Å². The number of hydrogen-bond donors (Lipinski definition) is 2. The van der Waals surface area contributed by atoms with Crippen LogP contribution in [0.25, 0.3) is 0 Å². The molecule has 0 bridgehead atoms. The molecular weight excluding hydrogens is 419 g/mol. The summed E-state index contributed by atoms with van der Waals surface area (Å²) in [6.07, 6.45) is 4.59. The van der Waals surface area contributed by atoms with Crippen LogP contribution in [0, 0.1) is 3.57 Å².